The molecule has 3 saturated heterocycles. The first kappa shape index (κ1) is 23.3. The van der Waals surface area contributed by atoms with Crippen LogP contribution >= 0.6 is 0 Å². The third kappa shape index (κ3) is 3.82. The van der Waals surface area contributed by atoms with Crippen LogP contribution in [0.5, 0.6) is 0 Å². The largest absolute Gasteiger partial charge is 0.374 e. The fourth-order valence-electron chi connectivity index (χ4n) is 6.95. The summed E-state index contributed by atoms with van der Waals surface area (Å²) in [6.45, 7) is 5.51. The number of hydrogen-bond donors (Lipinski definition) is 2. The van der Waals surface area contributed by atoms with E-state index < -0.39 is 5.60 Å². The standard InChI is InChI=1S/C31H35N3O2/c1-33(24-10-3-2-4-11-24)18-9-19-34-20-16-23(17-21-34)29(22-34)32-30(35)31(36)27-14-7-5-12-25(27)26-13-6-8-15-28(26)31/h2-8,10-15,23,29,36H,9,16-22H2,1H3/p+1/t23?,29-,34?/m0/s1. The number of quaternary nitrogens is 1. The van der Waals surface area contributed by atoms with E-state index in [2.05, 4.69) is 47.6 Å². The molecule has 3 aromatic carbocycles. The van der Waals surface area contributed by atoms with Crippen molar-refractivity contribution in [2.24, 2.45) is 5.92 Å². The lowest BCUT2D eigenvalue weighted by molar-refractivity contribution is -0.943. The van der Waals surface area contributed by atoms with Crippen LogP contribution in [0.2, 0.25) is 0 Å². The van der Waals surface area contributed by atoms with Gasteiger partial charge in [-0.1, -0.05) is 66.7 Å². The van der Waals surface area contributed by atoms with E-state index in [1.165, 1.54) is 18.8 Å². The van der Waals surface area contributed by atoms with Crippen LogP contribution in [0.15, 0.2) is 78.9 Å². The molecular weight excluding hydrogens is 446 g/mol. The average Bonchev–Trinajstić information content (AvgIpc) is 3.19. The van der Waals surface area contributed by atoms with Crippen molar-refractivity contribution in [3.63, 3.8) is 0 Å². The Labute approximate surface area is 214 Å². The Morgan fingerprint density at radius 3 is 2.17 bits per heavy atom. The van der Waals surface area contributed by atoms with Crippen LogP contribution in [-0.2, 0) is 10.4 Å². The van der Waals surface area contributed by atoms with E-state index in [1.54, 1.807) is 0 Å². The van der Waals surface area contributed by atoms with E-state index in [4.69, 9.17) is 0 Å². The quantitative estimate of drug-likeness (QED) is 0.498. The molecule has 2 bridgehead atoms. The molecule has 4 aliphatic rings. The SMILES string of the molecule is CN(CCC[N+]12CCC(CC1)[C@@H](NC(=O)C1(O)c3ccccc3-c3ccccc31)C2)c1ccccc1. The molecule has 36 heavy (non-hydrogen) atoms. The molecule has 0 unspecified atom stereocenters. The molecule has 3 aromatic rings. The molecule has 3 heterocycles. The van der Waals surface area contributed by atoms with Gasteiger partial charge in [0.15, 0.2) is 5.60 Å². The molecule has 7 rings (SSSR count). The third-order valence-electron chi connectivity index (χ3n) is 8.99. The lowest BCUT2D eigenvalue weighted by Crippen LogP contribution is -2.68. The summed E-state index contributed by atoms with van der Waals surface area (Å²) in [6, 6.07) is 26.2. The predicted molar refractivity (Wildman–Crippen MR) is 144 cm³/mol. The summed E-state index contributed by atoms with van der Waals surface area (Å²) in [5.74, 6) is 0.219. The number of carbonyl (C=O) groups excluding carboxylic acids is 1. The first-order valence-corrected chi connectivity index (χ1v) is 13.3. The second kappa shape index (κ2) is 9.06. The summed E-state index contributed by atoms with van der Waals surface area (Å²) in [4.78, 5) is 16.2. The summed E-state index contributed by atoms with van der Waals surface area (Å²) >= 11 is 0. The van der Waals surface area contributed by atoms with Gasteiger partial charge in [-0.25, -0.2) is 0 Å². The second-order valence-corrected chi connectivity index (χ2v) is 11.0. The molecule has 0 saturated carbocycles. The van der Waals surface area contributed by atoms with Crippen molar-refractivity contribution < 1.29 is 14.4 Å². The highest BCUT2D eigenvalue weighted by Gasteiger charge is 2.51. The highest BCUT2D eigenvalue weighted by molar-refractivity contribution is 5.98. The van der Waals surface area contributed by atoms with Crippen molar-refractivity contribution in [2.75, 3.05) is 44.7 Å². The van der Waals surface area contributed by atoms with Gasteiger partial charge < -0.3 is 19.8 Å². The summed E-state index contributed by atoms with van der Waals surface area (Å²) in [7, 11) is 2.17. The molecule has 0 aromatic heterocycles. The van der Waals surface area contributed by atoms with Gasteiger partial charge >= 0.3 is 0 Å². The minimum Gasteiger partial charge on any atom is -0.374 e. The van der Waals surface area contributed by atoms with Crippen molar-refractivity contribution in [1.82, 2.24) is 5.32 Å². The Hall–Kier alpha value is -3.15. The van der Waals surface area contributed by atoms with Gasteiger partial charge in [0.1, 0.15) is 0 Å². The maximum Gasteiger partial charge on any atom is 0.261 e. The maximum absolute atomic E-state index is 13.8. The lowest BCUT2D eigenvalue weighted by Gasteiger charge is -2.53. The normalized spacial score (nSPS) is 25.2. The first-order chi connectivity index (χ1) is 17.5. The minimum absolute atomic E-state index is 0.107. The fraction of sp³-hybridized carbons (Fsp3) is 0.387. The molecule has 186 valence electrons. The zero-order valence-corrected chi connectivity index (χ0v) is 21.1. The molecule has 0 spiro atoms. The van der Waals surface area contributed by atoms with E-state index >= 15 is 0 Å². The number of piperidine rings is 3. The number of rotatable bonds is 7. The maximum atomic E-state index is 13.8. The number of amides is 1. The van der Waals surface area contributed by atoms with Crippen LogP contribution in [0.4, 0.5) is 5.69 Å². The second-order valence-electron chi connectivity index (χ2n) is 11.0. The molecule has 0 radical (unpaired) electrons. The molecule has 1 atom stereocenters. The number of benzene rings is 3. The number of aliphatic hydroxyl groups is 1. The van der Waals surface area contributed by atoms with Gasteiger partial charge in [-0.2, -0.15) is 0 Å². The van der Waals surface area contributed by atoms with Gasteiger partial charge in [-0.15, -0.1) is 0 Å². The fourth-order valence-corrected chi connectivity index (χ4v) is 6.95. The zero-order chi connectivity index (χ0) is 24.8. The number of para-hydroxylation sites is 1. The highest BCUT2D eigenvalue weighted by Crippen LogP contribution is 2.47. The van der Waals surface area contributed by atoms with Crippen molar-refractivity contribution in [1.29, 1.82) is 0 Å². The van der Waals surface area contributed by atoms with E-state index in [1.807, 2.05) is 48.5 Å². The van der Waals surface area contributed by atoms with Crippen molar-refractivity contribution in [3.05, 3.63) is 90.0 Å². The number of anilines is 1. The Morgan fingerprint density at radius 1 is 0.944 bits per heavy atom. The van der Waals surface area contributed by atoms with Crippen LogP contribution in [0.1, 0.15) is 30.4 Å². The number of carbonyl (C=O) groups is 1. The number of nitrogens with one attached hydrogen (secondary N) is 1. The Kier molecular flexibility index (Phi) is 5.85. The van der Waals surface area contributed by atoms with Crippen LogP contribution in [0, 0.1) is 5.92 Å². The molecule has 1 amide bonds. The summed E-state index contributed by atoms with van der Waals surface area (Å²) < 4.78 is 1.08. The molecular formula is C31H36N3O2+. The van der Waals surface area contributed by atoms with Gasteiger partial charge in [0.2, 0.25) is 0 Å². The van der Waals surface area contributed by atoms with Gasteiger partial charge in [-0.05, 0) is 29.2 Å². The third-order valence-corrected chi connectivity index (χ3v) is 8.99. The minimum atomic E-state index is -1.64. The first-order valence-electron chi connectivity index (χ1n) is 13.3. The van der Waals surface area contributed by atoms with Crippen molar-refractivity contribution in [3.8, 4) is 11.1 Å². The van der Waals surface area contributed by atoms with Crippen LogP contribution < -0.4 is 10.2 Å². The summed E-state index contributed by atoms with van der Waals surface area (Å²) in [5.41, 5.74) is 2.90. The number of nitrogens with zero attached hydrogens (tertiary/aromatic N) is 2. The summed E-state index contributed by atoms with van der Waals surface area (Å²) in [6.07, 6.45) is 3.41. The van der Waals surface area contributed by atoms with Crippen LogP contribution in [0.3, 0.4) is 0 Å². The highest BCUT2D eigenvalue weighted by atomic mass is 16.3. The Morgan fingerprint density at radius 2 is 1.53 bits per heavy atom. The van der Waals surface area contributed by atoms with Crippen molar-refractivity contribution in [2.45, 2.75) is 30.9 Å². The molecule has 1 aliphatic carbocycles. The van der Waals surface area contributed by atoms with Crippen molar-refractivity contribution >= 4 is 11.6 Å². The van der Waals surface area contributed by atoms with E-state index in [0.717, 1.165) is 54.5 Å². The van der Waals surface area contributed by atoms with Crippen LogP contribution in [-0.4, -0.2) is 61.3 Å². The summed E-state index contributed by atoms with van der Waals surface area (Å²) in [5, 5.41) is 15.3. The van der Waals surface area contributed by atoms with E-state index in [0.29, 0.717) is 17.0 Å². The van der Waals surface area contributed by atoms with Gasteiger partial charge in [-0.3, -0.25) is 4.79 Å². The van der Waals surface area contributed by atoms with E-state index in [-0.39, 0.29) is 11.9 Å². The number of fused-ring (bicyclic) bond motifs is 6. The number of hydrogen-bond acceptors (Lipinski definition) is 3. The van der Waals surface area contributed by atoms with Gasteiger partial charge in [0, 0.05) is 49.7 Å². The zero-order valence-electron chi connectivity index (χ0n) is 21.1. The molecule has 3 fully saturated rings. The molecule has 5 heteroatoms. The predicted octanol–water partition coefficient (Wildman–Crippen LogP) is 4.15. The average molecular weight is 483 g/mol. The lowest BCUT2D eigenvalue weighted by atomic mass is 9.80. The topological polar surface area (TPSA) is 52.6 Å². The smallest absolute Gasteiger partial charge is 0.261 e. The van der Waals surface area contributed by atoms with Gasteiger partial charge in [0.25, 0.3) is 5.91 Å². The molecule has 2 N–H and O–H groups in total. The Bertz CT molecular complexity index is 1200. The van der Waals surface area contributed by atoms with Gasteiger partial charge in [0.05, 0.1) is 32.2 Å². The van der Waals surface area contributed by atoms with Crippen LogP contribution in [0.25, 0.3) is 11.1 Å². The monoisotopic (exact) mass is 482 g/mol. The van der Waals surface area contributed by atoms with E-state index in [9.17, 15) is 9.90 Å². The Balaban J connectivity index is 1.16. The molecule has 5 nitrogen and oxygen atoms in total. The molecule has 3 aliphatic heterocycles.